The van der Waals surface area contributed by atoms with Gasteiger partial charge in [0, 0.05) is 6.08 Å². The molecule has 6 heteroatoms. The summed E-state index contributed by atoms with van der Waals surface area (Å²) in [5.74, 6) is -0.209. The minimum atomic E-state index is -1.66. The fraction of sp³-hybridized carbons (Fsp3) is 0.100. The van der Waals surface area contributed by atoms with Crippen LogP contribution in [0.2, 0.25) is 0 Å². The van der Waals surface area contributed by atoms with Gasteiger partial charge in [-0.05, 0) is 23.8 Å². The lowest BCUT2D eigenvalue weighted by molar-refractivity contribution is -0.131. The zero-order valence-corrected chi connectivity index (χ0v) is 8.21. The molecule has 0 amide bonds. The fourth-order valence-corrected chi connectivity index (χ4v) is 1.32. The molecule has 4 nitrogen and oxygen atoms in total. The lowest BCUT2D eigenvalue weighted by Crippen LogP contribution is -2.39. The van der Waals surface area contributed by atoms with Gasteiger partial charge in [0.1, 0.15) is 0 Å². The first-order valence-electron chi connectivity index (χ1n) is 4.47. The van der Waals surface area contributed by atoms with Crippen LogP contribution in [0.15, 0.2) is 24.3 Å². The molecule has 76 valence electrons. The smallest absolute Gasteiger partial charge is 0.328 e. The zero-order valence-electron chi connectivity index (χ0n) is 8.21. The van der Waals surface area contributed by atoms with Gasteiger partial charge in [0.2, 0.25) is 0 Å². The molecule has 0 saturated heterocycles. The van der Waals surface area contributed by atoms with E-state index in [0.717, 1.165) is 6.08 Å². The first kappa shape index (κ1) is 10.7. The van der Waals surface area contributed by atoms with Crippen LogP contribution in [0.1, 0.15) is 5.56 Å². The van der Waals surface area contributed by atoms with E-state index in [2.05, 4.69) is 0 Å². The Morgan fingerprint density at radius 1 is 1.31 bits per heavy atom. The van der Waals surface area contributed by atoms with Gasteiger partial charge in [-0.3, -0.25) is 0 Å². The Labute approximate surface area is 94.7 Å². The summed E-state index contributed by atoms with van der Waals surface area (Å²) < 4.78 is 10.2. The highest BCUT2D eigenvalue weighted by molar-refractivity contribution is 6.38. The molecule has 0 spiro atoms. The van der Waals surface area contributed by atoms with E-state index in [1.165, 1.54) is 6.08 Å². The van der Waals surface area contributed by atoms with Crippen LogP contribution in [-0.4, -0.2) is 32.4 Å². The molecular weight excluding hydrogens is 206 g/mol. The summed E-state index contributed by atoms with van der Waals surface area (Å²) in [5.41, 5.74) is -1.00. The van der Waals surface area contributed by atoms with Crippen LogP contribution in [-0.2, 0) is 4.79 Å². The van der Waals surface area contributed by atoms with Gasteiger partial charge in [0.15, 0.2) is 32.8 Å². The van der Waals surface area contributed by atoms with Crippen molar-refractivity contribution >= 4 is 27.7 Å². The van der Waals surface area contributed by atoms with E-state index in [4.69, 9.17) is 30.3 Å². The molecule has 16 heavy (non-hydrogen) atoms. The van der Waals surface area contributed by atoms with E-state index < -0.39 is 11.6 Å². The lowest BCUT2D eigenvalue weighted by Gasteiger charge is -2.18. The van der Waals surface area contributed by atoms with Crippen molar-refractivity contribution in [2.75, 3.05) is 0 Å². The summed E-state index contributed by atoms with van der Waals surface area (Å²) in [6, 6.07) is 4.87. The summed E-state index contributed by atoms with van der Waals surface area (Å²) in [5, 5.41) is 8.47. The van der Waals surface area contributed by atoms with Crippen LogP contribution in [0.5, 0.6) is 11.5 Å². The highest BCUT2D eigenvalue weighted by atomic mass is 16.7. The van der Waals surface area contributed by atoms with Crippen molar-refractivity contribution in [3.63, 3.8) is 0 Å². The molecule has 1 heterocycles. The van der Waals surface area contributed by atoms with Crippen LogP contribution in [0.25, 0.3) is 6.08 Å². The first-order valence-corrected chi connectivity index (χ1v) is 4.47. The molecule has 0 aliphatic carbocycles. The van der Waals surface area contributed by atoms with Gasteiger partial charge in [-0.15, -0.1) is 0 Å². The predicted molar refractivity (Wildman–Crippen MR) is 58.6 cm³/mol. The molecule has 0 saturated carbocycles. The fourth-order valence-electron chi connectivity index (χ4n) is 1.32. The standard InChI is InChI=1S/C10H6B2O4/c11-10(12)15-7-3-1-6(2-4-9(13)14)5-8(7)16-10/h1-5H,(H,13,14)/b4-2+. The second-order valence-electron chi connectivity index (χ2n) is 3.30. The summed E-state index contributed by atoms with van der Waals surface area (Å²) >= 11 is 0. The van der Waals surface area contributed by atoms with E-state index in [9.17, 15) is 4.79 Å². The Morgan fingerprint density at radius 2 is 2.00 bits per heavy atom. The third kappa shape index (κ3) is 2.21. The van der Waals surface area contributed by atoms with E-state index in [-0.39, 0.29) is 0 Å². The molecule has 1 aliphatic rings. The second kappa shape index (κ2) is 3.63. The Morgan fingerprint density at radius 3 is 2.69 bits per heavy atom. The molecule has 0 fully saturated rings. The number of fused-ring (bicyclic) bond motifs is 1. The van der Waals surface area contributed by atoms with E-state index in [1.807, 2.05) is 0 Å². The summed E-state index contributed by atoms with van der Waals surface area (Å²) in [7, 11) is 10.8. The highest BCUT2D eigenvalue weighted by Crippen LogP contribution is 2.37. The number of hydrogen-bond donors (Lipinski definition) is 1. The number of rotatable bonds is 2. The van der Waals surface area contributed by atoms with Gasteiger partial charge >= 0.3 is 5.97 Å². The maximum atomic E-state index is 10.3. The molecule has 1 aromatic carbocycles. The van der Waals surface area contributed by atoms with Crippen LogP contribution in [0, 0.1) is 0 Å². The minimum Gasteiger partial charge on any atom is -0.478 e. The summed E-state index contributed by atoms with van der Waals surface area (Å²) in [6.07, 6.45) is 2.45. The Kier molecular flexibility index (Phi) is 2.42. The van der Waals surface area contributed by atoms with Crippen LogP contribution >= 0.6 is 0 Å². The van der Waals surface area contributed by atoms with Crippen LogP contribution in [0.3, 0.4) is 0 Å². The molecule has 0 aromatic heterocycles. The second-order valence-corrected chi connectivity index (χ2v) is 3.30. The van der Waals surface area contributed by atoms with Gasteiger partial charge in [-0.2, -0.15) is 0 Å². The number of ether oxygens (including phenoxy) is 2. The molecule has 0 bridgehead atoms. The normalized spacial score (nSPS) is 16.5. The molecule has 0 unspecified atom stereocenters. The average molecular weight is 212 g/mol. The highest BCUT2D eigenvalue weighted by Gasteiger charge is 2.29. The van der Waals surface area contributed by atoms with Crippen molar-refractivity contribution in [1.29, 1.82) is 0 Å². The SMILES string of the molecule is [B]C1([B])Oc2ccc(/C=C/C(=O)O)cc2O1. The molecule has 1 aliphatic heterocycles. The monoisotopic (exact) mass is 212 g/mol. The van der Waals surface area contributed by atoms with Crippen molar-refractivity contribution < 1.29 is 19.4 Å². The molecule has 1 aromatic rings. The number of carboxylic acids is 1. The first-order chi connectivity index (χ1) is 7.46. The number of hydrogen-bond acceptors (Lipinski definition) is 3. The average Bonchev–Trinajstić information content (AvgIpc) is 2.47. The zero-order chi connectivity index (χ0) is 11.8. The summed E-state index contributed by atoms with van der Waals surface area (Å²) in [6.45, 7) is 0. The van der Waals surface area contributed by atoms with Gasteiger partial charge in [0.05, 0.1) is 0 Å². The maximum absolute atomic E-state index is 10.3. The van der Waals surface area contributed by atoms with Crippen molar-refractivity contribution in [3.8, 4) is 11.5 Å². The van der Waals surface area contributed by atoms with E-state index in [1.54, 1.807) is 18.2 Å². The molecular formula is C10H6B2O4. The molecule has 1 N–H and O–H groups in total. The maximum Gasteiger partial charge on any atom is 0.328 e. The Balaban J connectivity index is 2.26. The van der Waals surface area contributed by atoms with Crippen molar-refractivity contribution in [3.05, 3.63) is 29.8 Å². The predicted octanol–water partition coefficient (Wildman–Crippen LogP) is 0.504. The van der Waals surface area contributed by atoms with Crippen LogP contribution < -0.4 is 9.47 Å². The number of carbonyl (C=O) groups is 1. The van der Waals surface area contributed by atoms with Gasteiger partial charge in [-0.25, -0.2) is 4.79 Å². The third-order valence-corrected chi connectivity index (χ3v) is 1.93. The molecule has 0 atom stereocenters. The lowest BCUT2D eigenvalue weighted by atomic mass is 9.76. The van der Waals surface area contributed by atoms with E-state index >= 15 is 0 Å². The van der Waals surface area contributed by atoms with Gasteiger partial charge < -0.3 is 14.6 Å². The Hall–Kier alpha value is -1.84. The Bertz CT molecular complexity index is 468. The third-order valence-electron chi connectivity index (χ3n) is 1.93. The van der Waals surface area contributed by atoms with Crippen LogP contribution in [0.4, 0.5) is 0 Å². The largest absolute Gasteiger partial charge is 0.478 e. The minimum absolute atomic E-state index is 0.387. The molecule has 4 radical (unpaired) electrons. The topological polar surface area (TPSA) is 55.8 Å². The van der Waals surface area contributed by atoms with E-state index in [0.29, 0.717) is 17.1 Å². The number of aliphatic carboxylic acids is 1. The van der Waals surface area contributed by atoms with Crippen molar-refractivity contribution in [2.45, 2.75) is 5.59 Å². The summed E-state index contributed by atoms with van der Waals surface area (Å²) in [4.78, 5) is 10.3. The van der Waals surface area contributed by atoms with Crippen molar-refractivity contribution in [2.24, 2.45) is 0 Å². The quantitative estimate of drug-likeness (QED) is 0.572. The van der Waals surface area contributed by atoms with Gasteiger partial charge in [0.25, 0.3) is 0 Å². The van der Waals surface area contributed by atoms with Crippen molar-refractivity contribution in [1.82, 2.24) is 0 Å². The number of carboxylic acid groups (broad SMARTS) is 1. The number of benzene rings is 1. The van der Waals surface area contributed by atoms with Gasteiger partial charge in [-0.1, -0.05) is 6.07 Å². The molecule has 2 rings (SSSR count).